The Morgan fingerprint density at radius 3 is 2.11 bits per heavy atom. The van der Waals surface area contributed by atoms with Crippen LogP contribution in [0.25, 0.3) is 0 Å². The maximum Gasteiger partial charge on any atom is 0.308 e. The summed E-state index contributed by atoms with van der Waals surface area (Å²) in [5, 5.41) is 0. The van der Waals surface area contributed by atoms with Gasteiger partial charge in [0.1, 0.15) is 0 Å². The molecule has 0 fully saturated rings. The van der Waals surface area contributed by atoms with Crippen LogP contribution < -0.4 is 0 Å². The second-order valence-corrected chi connectivity index (χ2v) is 4.70. The minimum Gasteiger partial charge on any atom is -0.466 e. The van der Waals surface area contributed by atoms with Crippen LogP contribution >= 0.6 is 0 Å². The van der Waals surface area contributed by atoms with Crippen molar-refractivity contribution in [1.82, 2.24) is 0 Å². The molecule has 0 N–H and O–H groups in total. The van der Waals surface area contributed by atoms with Crippen LogP contribution in [0.15, 0.2) is 0 Å². The summed E-state index contributed by atoms with van der Waals surface area (Å²) in [4.78, 5) is 11.3. The van der Waals surface area contributed by atoms with E-state index in [9.17, 15) is 4.79 Å². The molecule has 0 aromatic carbocycles. The Morgan fingerprint density at radius 1 is 0.778 bits per heavy atom. The molecule has 0 unspecified atom stereocenters. The van der Waals surface area contributed by atoms with Gasteiger partial charge in [-0.2, -0.15) is 0 Å². The van der Waals surface area contributed by atoms with Crippen molar-refractivity contribution in [2.45, 2.75) is 71.6 Å². The fourth-order valence-corrected chi connectivity index (χ4v) is 1.68. The molecule has 3 nitrogen and oxygen atoms in total. The van der Waals surface area contributed by atoms with E-state index in [2.05, 4.69) is 13.8 Å². The zero-order valence-electron chi connectivity index (χ0n) is 12.2. The van der Waals surface area contributed by atoms with E-state index in [4.69, 9.17) is 9.47 Å². The molecule has 0 aromatic heterocycles. The summed E-state index contributed by atoms with van der Waals surface area (Å²) in [7, 11) is 0. The van der Waals surface area contributed by atoms with Gasteiger partial charge < -0.3 is 9.47 Å². The Hall–Kier alpha value is -0.570. The Bertz CT molecular complexity index is 181. The number of hydrogen-bond donors (Lipinski definition) is 0. The molecule has 0 radical (unpaired) electrons. The van der Waals surface area contributed by atoms with Gasteiger partial charge in [0.2, 0.25) is 0 Å². The third-order valence-corrected chi connectivity index (χ3v) is 2.85. The number of unbranched alkanes of at least 4 members (excludes halogenated alkanes) is 6. The molecular formula is C15H30O3. The van der Waals surface area contributed by atoms with Crippen LogP contribution in [0.1, 0.15) is 71.6 Å². The van der Waals surface area contributed by atoms with Gasteiger partial charge in [0, 0.05) is 6.61 Å². The van der Waals surface area contributed by atoms with E-state index in [0.717, 1.165) is 32.3 Å². The first-order valence-electron chi connectivity index (χ1n) is 7.54. The molecule has 0 aliphatic rings. The molecule has 3 heteroatoms. The maximum absolute atomic E-state index is 11.3. The quantitative estimate of drug-likeness (QED) is 0.368. The highest BCUT2D eigenvalue weighted by atomic mass is 16.5. The van der Waals surface area contributed by atoms with Gasteiger partial charge in [-0.25, -0.2) is 0 Å². The van der Waals surface area contributed by atoms with Gasteiger partial charge >= 0.3 is 5.97 Å². The minimum absolute atomic E-state index is 0.128. The van der Waals surface area contributed by atoms with Crippen molar-refractivity contribution in [3.05, 3.63) is 0 Å². The zero-order valence-corrected chi connectivity index (χ0v) is 12.2. The van der Waals surface area contributed by atoms with Gasteiger partial charge in [-0.15, -0.1) is 0 Å². The van der Waals surface area contributed by atoms with E-state index in [1.54, 1.807) is 0 Å². The van der Waals surface area contributed by atoms with E-state index in [1.165, 1.54) is 25.7 Å². The molecule has 0 saturated carbocycles. The number of esters is 1. The lowest BCUT2D eigenvalue weighted by atomic mass is 10.2. The third-order valence-electron chi connectivity index (χ3n) is 2.85. The average molecular weight is 258 g/mol. The second-order valence-electron chi connectivity index (χ2n) is 4.70. The molecule has 0 rings (SSSR count). The van der Waals surface area contributed by atoms with E-state index >= 15 is 0 Å². The number of ether oxygens (including phenoxy) is 2. The first kappa shape index (κ1) is 17.4. The number of hydrogen-bond acceptors (Lipinski definition) is 3. The van der Waals surface area contributed by atoms with Gasteiger partial charge in [-0.3, -0.25) is 4.79 Å². The fourth-order valence-electron chi connectivity index (χ4n) is 1.68. The van der Waals surface area contributed by atoms with Crippen LogP contribution in [-0.4, -0.2) is 25.8 Å². The standard InChI is InChI=1S/C15H30O3/c1-3-5-7-8-10-12-17-14-11-15(16)18-13-9-6-4-2/h3-14H2,1-2H3. The SMILES string of the molecule is CCCCCCCOCCC(=O)OCCCCC. The van der Waals surface area contributed by atoms with Crippen molar-refractivity contribution in [2.24, 2.45) is 0 Å². The summed E-state index contributed by atoms with van der Waals surface area (Å²) < 4.78 is 10.5. The molecule has 0 aliphatic carbocycles. The highest BCUT2D eigenvalue weighted by Gasteiger charge is 2.02. The summed E-state index contributed by atoms with van der Waals surface area (Å²) in [6.45, 7) is 6.18. The van der Waals surface area contributed by atoms with Gasteiger partial charge in [-0.1, -0.05) is 52.4 Å². The predicted octanol–water partition coefficient (Wildman–Crippen LogP) is 4.10. The molecule has 0 bridgehead atoms. The molecule has 0 saturated heterocycles. The highest BCUT2D eigenvalue weighted by Crippen LogP contribution is 2.02. The van der Waals surface area contributed by atoms with Crippen molar-refractivity contribution in [1.29, 1.82) is 0 Å². The fraction of sp³-hybridized carbons (Fsp3) is 0.933. The van der Waals surface area contributed by atoms with Gasteiger partial charge in [0.15, 0.2) is 0 Å². The van der Waals surface area contributed by atoms with Gasteiger partial charge in [0.05, 0.1) is 19.6 Å². The van der Waals surface area contributed by atoms with Crippen molar-refractivity contribution >= 4 is 5.97 Å². The largest absolute Gasteiger partial charge is 0.466 e. The lowest BCUT2D eigenvalue weighted by Gasteiger charge is -2.05. The minimum atomic E-state index is -0.128. The molecule has 0 amide bonds. The molecule has 108 valence electrons. The molecule has 0 aliphatic heterocycles. The topological polar surface area (TPSA) is 35.5 Å². The summed E-state index contributed by atoms with van der Waals surface area (Å²) in [5.41, 5.74) is 0. The molecule has 18 heavy (non-hydrogen) atoms. The molecular weight excluding hydrogens is 228 g/mol. The Labute approximate surface area is 112 Å². The van der Waals surface area contributed by atoms with Crippen LogP contribution in [0.4, 0.5) is 0 Å². The van der Waals surface area contributed by atoms with E-state index in [-0.39, 0.29) is 5.97 Å². The van der Waals surface area contributed by atoms with Crippen molar-refractivity contribution < 1.29 is 14.3 Å². The monoisotopic (exact) mass is 258 g/mol. The molecule has 0 aromatic rings. The van der Waals surface area contributed by atoms with Crippen LogP contribution in [0.5, 0.6) is 0 Å². The number of carbonyl (C=O) groups is 1. The zero-order chi connectivity index (χ0) is 13.5. The Balaban J connectivity index is 3.10. The first-order valence-corrected chi connectivity index (χ1v) is 7.54. The lowest BCUT2D eigenvalue weighted by Crippen LogP contribution is -2.09. The number of carbonyl (C=O) groups excluding carboxylic acids is 1. The Kier molecular flexibility index (Phi) is 14.0. The van der Waals surface area contributed by atoms with E-state index in [0.29, 0.717) is 19.6 Å². The van der Waals surface area contributed by atoms with Crippen LogP contribution in [0.3, 0.4) is 0 Å². The van der Waals surface area contributed by atoms with E-state index in [1.807, 2.05) is 0 Å². The third kappa shape index (κ3) is 13.5. The smallest absolute Gasteiger partial charge is 0.308 e. The summed E-state index contributed by atoms with van der Waals surface area (Å²) >= 11 is 0. The van der Waals surface area contributed by atoms with Crippen molar-refractivity contribution in [3.63, 3.8) is 0 Å². The summed E-state index contributed by atoms with van der Waals surface area (Å²) in [6, 6.07) is 0. The summed E-state index contributed by atoms with van der Waals surface area (Å²) in [6.07, 6.45) is 9.84. The van der Waals surface area contributed by atoms with Crippen LogP contribution in [0.2, 0.25) is 0 Å². The number of rotatable bonds is 13. The van der Waals surface area contributed by atoms with Crippen LogP contribution in [0, 0.1) is 0 Å². The Morgan fingerprint density at radius 2 is 1.39 bits per heavy atom. The normalized spacial score (nSPS) is 10.6. The lowest BCUT2D eigenvalue weighted by molar-refractivity contribution is -0.145. The molecule has 0 heterocycles. The average Bonchev–Trinajstić information content (AvgIpc) is 2.38. The van der Waals surface area contributed by atoms with Crippen molar-refractivity contribution in [2.75, 3.05) is 19.8 Å². The predicted molar refractivity (Wildman–Crippen MR) is 74.7 cm³/mol. The van der Waals surface area contributed by atoms with Gasteiger partial charge in [-0.05, 0) is 12.8 Å². The van der Waals surface area contributed by atoms with Crippen molar-refractivity contribution in [3.8, 4) is 0 Å². The second kappa shape index (κ2) is 14.5. The molecule has 0 atom stereocenters. The van der Waals surface area contributed by atoms with Gasteiger partial charge in [0.25, 0.3) is 0 Å². The maximum atomic E-state index is 11.3. The first-order chi connectivity index (χ1) is 8.81. The van der Waals surface area contributed by atoms with Crippen LogP contribution in [-0.2, 0) is 14.3 Å². The summed E-state index contributed by atoms with van der Waals surface area (Å²) in [5.74, 6) is -0.128. The van der Waals surface area contributed by atoms with E-state index < -0.39 is 0 Å². The molecule has 0 spiro atoms. The highest BCUT2D eigenvalue weighted by molar-refractivity contribution is 5.69.